The average Bonchev–Trinajstić information content (AvgIpc) is 3.35. The zero-order chi connectivity index (χ0) is 18.8. The molecule has 0 radical (unpaired) electrons. The quantitative estimate of drug-likeness (QED) is 0.558. The van der Waals surface area contributed by atoms with Crippen molar-refractivity contribution < 1.29 is 9.18 Å². The van der Waals surface area contributed by atoms with E-state index in [1.54, 1.807) is 23.6 Å². The molecular weight excluding hydrogens is 385 g/mol. The molecule has 0 saturated carbocycles. The second kappa shape index (κ2) is 7.42. The minimum atomic E-state index is -0.411. The van der Waals surface area contributed by atoms with E-state index in [1.807, 2.05) is 17.5 Å². The van der Waals surface area contributed by atoms with E-state index in [1.165, 1.54) is 45.7 Å². The lowest BCUT2D eigenvalue weighted by molar-refractivity contribution is -0.122. The molecule has 0 aliphatic rings. The van der Waals surface area contributed by atoms with Gasteiger partial charge in [0.25, 0.3) is 5.56 Å². The summed E-state index contributed by atoms with van der Waals surface area (Å²) in [5.74, 6) is -0.659. The van der Waals surface area contributed by atoms with Gasteiger partial charge in [0, 0.05) is 4.88 Å². The van der Waals surface area contributed by atoms with Gasteiger partial charge in [-0.05, 0) is 40.6 Å². The van der Waals surface area contributed by atoms with E-state index in [0.717, 1.165) is 10.4 Å². The second-order valence-electron chi connectivity index (χ2n) is 5.88. The summed E-state index contributed by atoms with van der Waals surface area (Å²) >= 11 is 2.88. The maximum atomic E-state index is 13.3. The summed E-state index contributed by atoms with van der Waals surface area (Å²) in [6.07, 6.45) is 1.39. The van der Waals surface area contributed by atoms with Crippen molar-refractivity contribution in [2.45, 2.75) is 12.6 Å². The lowest BCUT2D eigenvalue weighted by Gasteiger charge is -2.18. The van der Waals surface area contributed by atoms with E-state index >= 15 is 0 Å². The number of nitrogens with one attached hydrogen (secondary N) is 1. The third kappa shape index (κ3) is 3.67. The number of rotatable bonds is 5. The molecule has 8 heteroatoms. The Kier molecular flexibility index (Phi) is 4.83. The van der Waals surface area contributed by atoms with E-state index in [-0.39, 0.29) is 23.8 Å². The number of hydrogen-bond donors (Lipinski definition) is 1. The molecule has 3 aromatic heterocycles. The zero-order valence-corrected chi connectivity index (χ0v) is 15.6. The smallest absolute Gasteiger partial charge is 0.262 e. The Morgan fingerprint density at radius 1 is 1.15 bits per heavy atom. The van der Waals surface area contributed by atoms with E-state index in [4.69, 9.17) is 0 Å². The summed E-state index contributed by atoms with van der Waals surface area (Å²) in [5.41, 5.74) is 0.525. The maximum Gasteiger partial charge on any atom is 0.262 e. The molecule has 0 saturated heterocycles. The van der Waals surface area contributed by atoms with Crippen LogP contribution in [0, 0.1) is 5.82 Å². The predicted molar refractivity (Wildman–Crippen MR) is 105 cm³/mol. The number of carbonyl (C=O) groups excluding carboxylic acids is 1. The fraction of sp³-hybridized carbons (Fsp3) is 0.105. The summed E-state index contributed by atoms with van der Waals surface area (Å²) in [6, 6.07) is 11.1. The standard InChI is InChI=1S/C19H14FN3O2S2/c20-13-5-3-12(4-6-13)17(15-2-1-8-26-15)22-16(24)10-23-11-21-18-14(19(23)25)7-9-27-18/h1-9,11,17H,10H2,(H,22,24). The molecule has 4 rings (SSSR count). The number of carbonyl (C=O) groups is 1. The van der Waals surface area contributed by atoms with Gasteiger partial charge in [-0.15, -0.1) is 22.7 Å². The van der Waals surface area contributed by atoms with Gasteiger partial charge in [-0.3, -0.25) is 14.2 Å². The van der Waals surface area contributed by atoms with Gasteiger partial charge in [-0.1, -0.05) is 18.2 Å². The molecule has 1 amide bonds. The SMILES string of the molecule is O=C(Cn1cnc2sccc2c1=O)NC(c1ccc(F)cc1)c1cccs1. The Hall–Kier alpha value is -2.84. The highest BCUT2D eigenvalue weighted by Gasteiger charge is 2.19. The molecule has 136 valence electrons. The first kappa shape index (κ1) is 17.6. The highest BCUT2D eigenvalue weighted by atomic mass is 32.1. The molecule has 0 aliphatic carbocycles. The predicted octanol–water partition coefficient (Wildman–Crippen LogP) is 3.56. The van der Waals surface area contributed by atoms with E-state index in [0.29, 0.717) is 10.2 Å². The van der Waals surface area contributed by atoms with Crippen LogP contribution < -0.4 is 10.9 Å². The van der Waals surface area contributed by atoms with E-state index in [2.05, 4.69) is 10.3 Å². The summed E-state index contributed by atoms with van der Waals surface area (Å²) < 4.78 is 14.6. The Bertz CT molecular complexity index is 1130. The minimum Gasteiger partial charge on any atom is -0.343 e. The van der Waals surface area contributed by atoms with E-state index in [9.17, 15) is 14.0 Å². The van der Waals surface area contributed by atoms with Gasteiger partial charge in [0.15, 0.2) is 0 Å². The van der Waals surface area contributed by atoms with Crippen molar-refractivity contribution in [1.82, 2.24) is 14.9 Å². The molecule has 27 heavy (non-hydrogen) atoms. The van der Waals surface area contributed by atoms with Gasteiger partial charge in [-0.25, -0.2) is 9.37 Å². The Morgan fingerprint density at radius 2 is 1.96 bits per heavy atom. The Labute approximate surface area is 161 Å². The number of halogens is 1. The minimum absolute atomic E-state index is 0.138. The largest absolute Gasteiger partial charge is 0.343 e. The molecule has 0 spiro atoms. The number of benzene rings is 1. The molecule has 3 heterocycles. The first-order chi connectivity index (χ1) is 13.1. The molecule has 0 bridgehead atoms. The van der Waals surface area contributed by atoms with Crippen molar-refractivity contribution >= 4 is 38.8 Å². The van der Waals surface area contributed by atoms with Gasteiger partial charge in [-0.2, -0.15) is 0 Å². The fourth-order valence-corrected chi connectivity index (χ4v) is 4.32. The van der Waals surface area contributed by atoms with Crippen molar-refractivity contribution in [2.75, 3.05) is 0 Å². The normalized spacial score (nSPS) is 12.2. The van der Waals surface area contributed by atoms with Crippen LogP contribution in [0.1, 0.15) is 16.5 Å². The maximum absolute atomic E-state index is 13.3. The Morgan fingerprint density at radius 3 is 2.70 bits per heavy atom. The molecular formula is C19H14FN3O2S2. The topological polar surface area (TPSA) is 64.0 Å². The lowest BCUT2D eigenvalue weighted by Crippen LogP contribution is -2.35. The van der Waals surface area contributed by atoms with Crippen LogP contribution >= 0.6 is 22.7 Å². The van der Waals surface area contributed by atoms with Crippen molar-refractivity contribution in [3.05, 3.63) is 86.2 Å². The van der Waals surface area contributed by atoms with Crippen LogP contribution in [0.3, 0.4) is 0 Å². The first-order valence-electron chi connectivity index (χ1n) is 8.13. The molecule has 4 aromatic rings. The first-order valence-corrected chi connectivity index (χ1v) is 9.88. The van der Waals surface area contributed by atoms with Crippen LogP contribution in [0.25, 0.3) is 10.2 Å². The molecule has 0 aliphatic heterocycles. The average molecular weight is 399 g/mol. The molecule has 5 nitrogen and oxygen atoms in total. The molecule has 1 aromatic carbocycles. The fourth-order valence-electron chi connectivity index (χ4n) is 2.80. The van der Waals surface area contributed by atoms with Gasteiger partial charge in [0.1, 0.15) is 17.2 Å². The lowest BCUT2D eigenvalue weighted by atomic mass is 10.1. The summed E-state index contributed by atoms with van der Waals surface area (Å²) in [4.78, 5) is 30.9. The monoisotopic (exact) mass is 399 g/mol. The van der Waals surface area contributed by atoms with Gasteiger partial charge >= 0.3 is 0 Å². The molecule has 1 atom stereocenters. The number of aromatic nitrogens is 2. The van der Waals surface area contributed by atoms with Crippen LogP contribution in [0.15, 0.2) is 64.3 Å². The molecule has 1 unspecified atom stereocenters. The number of thiophene rings is 2. The number of hydrogen-bond acceptors (Lipinski definition) is 5. The van der Waals surface area contributed by atoms with Gasteiger partial charge in [0.2, 0.25) is 5.91 Å². The van der Waals surface area contributed by atoms with Crippen molar-refractivity contribution in [3.8, 4) is 0 Å². The third-order valence-corrected chi connectivity index (χ3v) is 5.86. The van der Waals surface area contributed by atoms with Crippen LogP contribution in [-0.2, 0) is 11.3 Å². The van der Waals surface area contributed by atoms with Crippen LogP contribution in [-0.4, -0.2) is 15.5 Å². The second-order valence-corrected chi connectivity index (χ2v) is 7.76. The van der Waals surface area contributed by atoms with Crippen LogP contribution in [0.5, 0.6) is 0 Å². The van der Waals surface area contributed by atoms with E-state index < -0.39 is 6.04 Å². The van der Waals surface area contributed by atoms with Crippen LogP contribution in [0.2, 0.25) is 0 Å². The summed E-state index contributed by atoms with van der Waals surface area (Å²) in [6.45, 7) is -0.138. The summed E-state index contributed by atoms with van der Waals surface area (Å²) in [5, 5.41) is 7.15. The molecule has 0 fully saturated rings. The molecule has 1 N–H and O–H groups in total. The van der Waals surface area contributed by atoms with Crippen molar-refractivity contribution in [3.63, 3.8) is 0 Å². The number of nitrogens with zero attached hydrogens (tertiary/aromatic N) is 2. The van der Waals surface area contributed by atoms with Crippen molar-refractivity contribution in [2.24, 2.45) is 0 Å². The third-order valence-electron chi connectivity index (χ3n) is 4.10. The summed E-state index contributed by atoms with van der Waals surface area (Å²) in [7, 11) is 0. The number of amides is 1. The van der Waals surface area contributed by atoms with Crippen molar-refractivity contribution in [1.29, 1.82) is 0 Å². The van der Waals surface area contributed by atoms with Gasteiger partial charge < -0.3 is 5.32 Å². The van der Waals surface area contributed by atoms with Crippen LogP contribution in [0.4, 0.5) is 4.39 Å². The zero-order valence-electron chi connectivity index (χ0n) is 14.0. The highest BCUT2D eigenvalue weighted by molar-refractivity contribution is 7.16. The Balaban J connectivity index is 1.59. The number of fused-ring (bicyclic) bond motifs is 1. The van der Waals surface area contributed by atoms with Gasteiger partial charge in [0.05, 0.1) is 17.8 Å². The highest BCUT2D eigenvalue weighted by Crippen LogP contribution is 2.26.